The molecule has 0 bridgehead atoms. The Morgan fingerprint density at radius 2 is 2.17 bits per heavy atom. The van der Waals surface area contributed by atoms with E-state index in [1.54, 1.807) is 6.20 Å². The highest BCUT2D eigenvalue weighted by atomic mass is 32.1. The van der Waals surface area contributed by atoms with Crippen LogP contribution in [0.3, 0.4) is 0 Å². The first-order valence-electron chi connectivity index (χ1n) is 5.48. The summed E-state index contributed by atoms with van der Waals surface area (Å²) in [6.45, 7) is 2.05. The summed E-state index contributed by atoms with van der Waals surface area (Å²) < 4.78 is 3.80. The molecule has 0 aliphatic carbocycles. The summed E-state index contributed by atoms with van der Waals surface area (Å²) in [7, 11) is 0. The molecule has 0 amide bonds. The molecule has 2 heterocycles. The number of benzene rings is 1. The molecule has 0 aliphatic rings. The van der Waals surface area contributed by atoms with Crippen LogP contribution in [0, 0.1) is 0 Å². The summed E-state index contributed by atoms with van der Waals surface area (Å²) in [6, 6.07) is 5.96. The number of hydrogen-bond acceptors (Lipinski definition) is 5. The SMILES string of the molecule is CC(Nc1cnns1)c1ccc2[nH]c(=O)[nH]c2c1. The molecular formula is C11H11N5OS. The molecule has 0 spiro atoms. The Morgan fingerprint density at radius 3 is 2.94 bits per heavy atom. The van der Waals surface area contributed by atoms with Gasteiger partial charge in [0.15, 0.2) is 0 Å². The predicted molar refractivity (Wildman–Crippen MR) is 70.9 cm³/mol. The van der Waals surface area contributed by atoms with Gasteiger partial charge in [-0.25, -0.2) is 4.79 Å². The van der Waals surface area contributed by atoms with Gasteiger partial charge < -0.3 is 15.3 Å². The Kier molecular flexibility index (Phi) is 2.60. The smallest absolute Gasteiger partial charge is 0.323 e. The van der Waals surface area contributed by atoms with Crippen LogP contribution in [0.25, 0.3) is 11.0 Å². The van der Waals surface area contributed by atoms with Crippen LogP contribution in [0.5, 0.6) is 0 Å². The van der Waals surface area contributed by atoms with Crippen molar-refractivity contribution in [3.05, 3.63) is 40.4 Å². The zero-order valence-corrected chi connectivity index (χ0v) is 10.4. The van der Waals surface area contributed by atoms with Crippen LogP contribution in [0.15, 0.2) is 29.2 Å². The number of fused-ring (bicyclic) bond motifs is 1. The molecule has 1 aromatic carbocycles. The van der Waals surface area contributed by atoms with Crippen molar-refractivity contribution in [2.75, 3.05) is 5.32 Å². The zero-order valence-electron chi connectivity index (χ0n) is 9.60. The number of H-pyrrole nitrogens is 2. The second-order valence-corrected chi connectivity index (χ2v) is 4.82. The van der Waals surface area contributed by atoms with Gasteiger partial charge in [0.05, 0.1) is 17.2 Å². The van der Waals surface area contributed by atoms with Crippen LogP contribution in [0.1, 0.15) is 18.5 Å². The molecule has 18 heavy (non-hydrogen) atoms. The van der Waals surface area contributed by atoms with Gasteiger partial charge >= 0.3 is 5.69 Å². The van der Waals surface area contributed by atoms with Crippen molar-refractivity contribution >= 4 is 27.6 Å². The lowest BCUT2D eigenvalue weighted by atomic mass is 10.1. The zero-order chi connectivity index (χ0) is 12.5. The van der Waals surface area contributed by atoms with Crippen molar-refractivity contribution < 1.29 is 0 Å². The average Bonchev–Trinajstić information content (AvgIpc) is 2.95. The first-order valence-corrected chi connectivity index (χ1v) is 6.25. The van der Waals surface area contributed by atoms with Gasteiger partial charge in [-0.2, -0.15) is 0 Å². The second kappa shape index (κ2) is 4.26. The number of aromatic nitrogens is 4. The summed E-state index contributed by atoms with van der Waals surface area (Å²) in [5.41, 5.74) is 2.53. The molecule has 2 aromatic heterocycles. The van der Waals surface area contributed by atoms with E-state index in [1.165, 1.54) is 11.5 Å². The molecule has 0 aliphatic heterocycles. The normalized spacial score (nSPS) is 12.7. The average molecular weight is 261 g/mol. The molecule has 3 N–H and O–H groups in total. The van der Waals surface area contributed by atoms with Crippen molar-refractivity contribution in [3.63, 3.8) is 0 Å². The van der Waals surface area contributed by atoms with E-state index >= 15 is 0 Å². The summed E-state index contributed by atoms with van der Waals surface area (Å²) in [4.78, 5) is 16.7. The van der Waals surface area contributed by atoms with Crippen molar-refractivity contribution in [3.8, 4) is 0 Å². The monoisotopic (exact) mass is 261 g/mol. The van der Waals surface area contributed by atoms with Crippen molar-refractivity contribution in [2.45, 2.75) is 13.0 Å². The van der Waals surface area contributed by atoms with Gasteiger partial charge in [0.2, 0.25) is 0 Å². The highest BCUT2D eigenvalue weighted by molar-refractivity contribution is 7.09. The number of hydrogen-bond donors (Lipinski definition) is 3. The van der Waals surface area contributed by atoms with E-state index in [1.807, 2.05) is 25.1 Å². The summed E-state index contributed by atoms with van der Waals surface area (Å²) >= 11 is 1.32. The standard InChI is InChI=1S/C11H11N5OS/c1-6(13-10-5-12-16-18-10)7-2-3-8-9(4-7)15-11(17)14-8/h2-6,13H,1H3,(H2,14,15,17). The summed E-state index contributed by atoms with van der Waals surface area (Å²) in [5.74, 6) is 0. The molecule has 7 heteroatoms. The Labute approximate surface area is 106 Å². The topological polar surface area (TPSA) is 86.5 Å². The van der Waals surface area contributed by atoms with Crippen LogP contribution in [0.4, 0.5) is 5.00 Å². The van der Waals surface area contributed by atoms with Crippen molar-refractivity contribution in [1.29, 1.82) is 0 Å². The van der Waals surface area contributed by atoms with E-state index in [0.717, 1.165) is 21.6 Å². The number of nitrogens with zero attached hydrogens (tertiary/aromatic N) is 2. The third-order valence-electron chi connectivity index (χ3n) is 2.76. The summed E-state index contributed by atoms with van der Waals surface area (Å²) in [6.07, 6.45) is 1.69. The van der Waals surface area contributed by atoms with Gasteiger partial charge in [0, 0.05) is 17.6 Å². The van der Waals surface area contributed by atoms with E-state index < -0.39 is 0 Å². The van der Waals surface area contributed by atoms with E-state index in [0.29, 0.717) is 0 Å². The lowest BCUT2D eigenvalue weighted by Crippen LogP contribution is -2.05. The molecule has 92 valence electrons. The Bertz CT molecular complexity index is 714. The number of imidazole rings is 1. The Morgan fingerprint density at radius 1 is 1.33 bits per heavy atom. The van der Waals surface area contributed by atoms with Crippen LogP contribution < -0.4 is 11.0 Å². The van der Waals surface area contributed by atoms with E-state index in [4.69, 9.17) is 0 Å². The minimum absolute atomic E-state index is 0.120. The fourth-order valence-corrected chi connectivity index (χ4v) is 2.35. The van der Waals surface area contributed by atoms with Crippen LogP contribution >= 0.6 is 11.5 Å². The molecule has 3 aromatic rings. The first-order chi connectivity index (χ1) is 8.72. The quantitative estimate of drug-likeness (QED) is 0.672. The number of aromatic amines is 2. The van der Waals surface area contributed by atoms with E-state index in [-0.39, 0.29) is 11.7 Å². The summed E-state index contributed by atoms with van der Waals surface area (Å²) in [5, 5.41) is 8.00. The van der Waals surface area contributed by atoms with Gasteiger partial charge in [-0.05, 0) is 24.6 Å². The van der Waals surface area contributed by atoms with E-state index in [9.17, 15) is 4.79 Å². The number of anilines is 1. The highest BCUT2D eigenvalue weighted by Gasteiger charge is 2.08. The number of nitrogens with one attached hydrogen (secondary N) is 3. The van der Waals surface area contributed by atoms with Gasteiger partial charge in [-0.1, -0.05) is 10.6 Å². The third kappa shape index (κ3) is 2.00. The molecule has 6 nitrogen and oxygen atoms in total. The maximum Gasteiger partial charge on any atom is 0.323 e. The van der Waals surface area contributed by atoms with Crippen LogP contribution in [-0.4, -0.2) is 19.6 Å². The lowest BCUT2D eigenvalue weighted by Gasteiger charge is -2.13. The maximum absolute atomic E-state index is 11.2. The highest BCUT2D eigenvalue weighted by Crippen LogP contribution is 2.22. The molecular weight excluding hydrogens is 250 g/mol. The van der Waals surface area contributed by atoms with Crippen molar-refractivity contribution in [1.82, 2.24) is 19.6 Å². The molecule has 1 unspecified atom stereocenters. The fourth-order valence-electron chi connectivity index (χ4n) is 1.85. The molecule has 0 radical (unpaired) electrons. The molecule has 3 rings (SSSR count). The third-order valence-corrected chi connectivity index (χ3v) is 3.36. The second-order valence-electron chi connectivity index (χ2n) is 4.03. The van der Waals surface area contributed by atoms with Gasteiger partial charge in [-0.15, -0.1) is 5.10 Å². The molecule has 1 atom stereocenters. The lowest BCUT2D eigenvalue weighted by molar-refractivity contribution is 0.890. The number of rotatable bonds is 3. The minimum atomic E-state index is -0.186. The molecule has 0 saturated heterocycles. The first kappa shape index (κ1) is 11.0. The minimum Gasteiger partial charge on any atom is -0.368 e. The van der Waals surface area contributed by atoms with Crippen molar-refractivity contribution in [2.24, 2.45) is 0 Å². The molecule has 0 fully saturated rings. The predicted octanol–water partition coefficient (Wildman–Crippen LogP) is 1.88. The molecule has 0 saturated carbocycles. The fraction of sp³-hybridized carbons (Fsp3) is 0.182. The largest absolute Gasteiger partial charge is 0.368 e. The van der Waals surface area contributed by atoms with Crippen LogP contribution in [-0.2, 0) is 0 Å². The maximum atomic E-state index is 11.2. The van der Waals surface area contributed by atoms with Gasteiger partial charge in [0.25, 0.3) is 0 Å². The van der Waals surface area contributed by atoms with Gasteiger partial charge in [0.1, 0.15) is 5.00 Å². The van der Waals surface area contributed by atoms with Crippen LogP contribution in [0.2, 0.25) is 0 Å². The van der Waals surface area contributed by atoms with E-state index in [2.05, 4.69) is 24.9 Å². The Balaban J connectivity index is 1.91. The Hall–Kier alpha value is -2.15. The van der Waals surface area contributed by atoms with Gasteiger partial charge in [-0.3, -0.25) is 0 Å².